The Morgan fingerprint density at radius 2 is 2.27 bits per heavy atom. The van der Waals surface area contributed by atoms with E-state index in [2.05, 4.69) is 14.8 Å². The molecule has 1 aliphatic carbocycles. The van der Waals surface area contributed by atoms with Gasteiger partial charge >= 0.3 is 0 Å². The van der Waals surface area contributed by atoms with Crippen molar-refractivity contribution in [2.75, 3.05) is 5.75 Å². The van der Waals surface area contributed by atoms with Crippen LogP contribution in [0.5, 0.6) is 0 Å². The molecular weight excluding hydrogens is 210 g/mol. The van der Waals surface area contributed by atoms with Gasteiger partial charge in [0.25, 0.3) is 0 Å². The van der Waals surface area contributed by atoms with Gasteiger partial charge in [-0.25, -0.2) is 0 Å². The highest BCUT2D eigenvalue weighted by Crippen LogP contribution is 2.38. The van der Waals surface area contributed by atoms with Crippen LogP contribution in [0, 0.1) is 6.92 Å². The summed E-state index contributed by atoms with van der Waals surface area (Å²) in [6.07, 6.45) is 3.04. The van der Waals surface area contributed by atoms with Crippen molar-refractivity contribution >= 4 is 11.8 Å². The lowest BCUT2D eigenvalue weighted by Crippen LogP contribution is -2.09. The Balaban J connectivity index is 2.01. The first-order valence-corrected chi connectivity index (χ1v) is 6.43. The highest BCUT2D eigenvalue weighted by Gasteiger charge is 2.28. The zero-order chi connectivity index (χ0) is 10.8. The van der Waals surface area contributed by atoms with Gasteiger partial charge in [-0.2, -0.15) is 0 Å². The van der Waals surface area contributed by atoms with Crippen molar-refractivity contribution in [3.63, 3.8) is 0 Å². The minimum atomic E-state index is -0.236. The molecule has 84 valence electrons. The molecule has 2 rings (SSSR count). The van der Waals surface area contributed by atoms with E-state index in [4.69, 9.17) is 0 Å². The summed E-state index contributed by atoms with van der Waals surface area (Å²) in [6.45, 7) is 3.98. The van der Waals surface area contributed by atoms with Gasteiger partial charge in [0.2, 0.25) is 0 Å². The zero-order valence-electron chi connectivity index (χ0n) is 9.18. The first-order chi connectivity index (χ1) is 7.22. The summed E-state index contributed by atoms with van der Waals surface area (Å²) in [6, 6.07) is 0.612. The van der Waals surface area contributed by atoms with Crippen molar-refractivity contribution in [1.82, 2.24) is 14.8 Å². The Bertz CT molecular complexity index is 335. The summed E-state index contributed by atoms with van der Waals surface area (Å²) in [5.74, 6) is 1.70. The third kappa shape index (κ3) is 2.52. The molecule has 15 heavy (non-hydrogen) atoms. The maximum atomic E-state index is 9.49. The van der Waals surface area contributed by atoms with E-state index in [0.29, 0.717) is 11.8 Å². The average Bonchev–Trinajstić information content (AvgIpc) is 3.00. The molecule has 0 aromatic carbocycles. The quantitative estimate of drug-likeness (QED) is 0.779. The van der Waals surface area contributed by atoms with E-state index in [1.165, 1.54) is 12.8 Å². The summed E-state index contributed by atoms with van der Waals surface area (Å²) in [7, 11) is 0. The van der Waals surface area contributed by atoms with E-state index in [1.54, 1.807) is 11.8 Å². The lowest BCUT2D eigenvalue weighted by Gasteiger charge is -2.08. The third-order valence-corrected chi connectivity index (χ3v) is 3.71. The van der Waals surface area contributed by atoms with Gasteiger partial charge < -0.3 is 9.67 Å². The topological polar surface area (TPSA) is 50.9 Å². The molecule has 5 heteroatoms. The molecule has 1 aromatic heterocycles. The average molecular weight is 227 g/mol. The predicted octanol–water partition coefficient (Wildman–Crippen LogP) is 1.78. The highest BCUT2D eigenvalue weighted by atomic mass is 32.2. The highest BCUT2D eigenvalue weighted by molar-refractivity contribution is 7.99. The Kier molecular flexibility index (Phi) is 3.31. The number of aromatic nitrogens is 3. The molecule has 0 aliphatic heterocycles. The maximum Gasteiger partial charge on any atom is 0.191 e. The summed E-state index contributed by atoms with van der Waals surface area (Å²) in [5, 5.41) is 18.7. The molecule has 0 saturated heterocycles. The smallest absolute Gasteiger partial charge is 0.191 e. The zero-order valence-corrected chi connectivity index (χ0v) is 10.00. The van der Waals surface area contributed by atoms with Gasteiger partial charge in [0, 0.05) is 11.8 Å². The molecule has 0 radical (unpaired) electrons. The van der Waals surface area contributed by atoms with E-state index >= 15 is 0 Å². The second-order valence-corrected chi connectivity index (χ2v) is 4.99. The molecule has 1 saturated carbocycles. The van der Waals surface area contributed by atoms with Crippen LogP contribution >= 0.6 is 11.8 Å². The van der Waals surface area contributed by atoms with Crippen LogP contribution in [0.2, 0.25) is 0 Å². The van der Waals surface area contributed by atoms with Crippen molar-refractivity contribution in [1.29, 1.82) is 0 Å². The van der Waals surface area contributed by atoms with Crippen LogP contribution in [0.25, 0.3) is 0 Å². The molecule has 1 heterocycles. The fourth-order valence-corrected chi connectivity index (χ4v) is 2.59. The number of hydrogen-bond donors (Lipinski definition) is 1. The minimum absolute atomic E-state index is 0.236. The van der Waals surface area contributed by atoms with Gasteiger partial charge in [-0.1, -0.05) is 18.7 Å². The van der Waals surface area contributed by atoms with Crippen LogP contribution in [0.1, 0.15) is 38.1 Å². The monoisotopic (exact) mass is 227 g/mol. The van der Waals surface area contributed by atoms with Gasteiger partial charge in [-0.05, 0) is 26.2 Å². The second-order valence-electron chi connectivity index (χ2n) is 4.00. The number of thioether (sulfide) groups is 1. The molecule has 1 unspecified atom stereocenters. The normalized spacial score (nSPS) is 18.1. The third-order valence-electron chi connectivity index (χ3n) is 2.62. The first-order valence-electron chi connectivity index (χ1n) is 5.44. The summed E-state index contributed by atoms with van der Waals surface area (Å²) >= 11 is 1.61. The Morgan fingerprint density at radius 1 is 1.53 bits per heavy atom. The van der Waals surface area contributed by atoms with Crippen LogP contribution in [0.4, 0.5) is 0 Å². The van der Waals surface area contributed by atoms with Gasteiger partial charge in [0.15, 0.2) is 5.16 Å². The van der Waals surface area contributed by atoms with Crippen LogP contribution in [-0.4, -0.2) is 31.7 Å². The molecule has 4 nitrogen and oxygen atoms in total. The van der Waals surface area contributed by atoms with Crippen molar-refractivity contribution < 1.29 is 5.11 Å². The fraction of sp³-hybridized carbons (Fsp3) is 0.800. The molecule has 1 fully saturated rings. The van der Waals surface area contributed by atoms with Crippen LogP contribution < -0.4 is 0 Å². The number of aliphatic hydroxyl groups is 1. The van der Waals surface area contributed by atoms with E-state index in [0.717, 1.165) is 17.4 Å². The minimum Gasteiger partial charge on any atom is -0.392 e. The van der Waals surface area contributed by atoms with Crippen LogP contribution in [0.15, 0.2) is 5.16 Å². The largest absolute Gasteiger partial charge is 0.392 e. The summed E-state index contributed by atoms with van der Waals surface area (Å²) in [5.41, 5.74) is 0. The Morgan fingerprint density at radius 3 is 2.87 bits per heavy atom. The SMILES string of the molecule is CCC(O)CSc1nnc(C)n1C1CC1. The van der Waals surface area contributed by atoms with Gasteiger partial charge in [0.05, 0.1) is 6.10 Å². The van der Waals surface area contributed by atoms with E-state index < -0.39 is 0 Å². The summed E-state index contributed by atoms with van der Waals surface area (Å²) in [4.78, 5) is 0. The molecule has 1 aliphatic rings. The summed E-state index contributed by atoms with van der Waals surface area (Å²) < 4.78 is 2.20. The van der Waals surface area contributed by atoms with Crippen LogP contribution in [-0.2, 0) is 0 Å². The lowest BCUT2D eigenvalue weighted by molar-refractivity contribution is 0.195. The number of rotatable bonds is 5. The number of aliphatic hydroxyl groups excluding tert-OH is 1. The van der Waals surface area contributed by atoms with Crippen molar-refractivity contribution in [3.05, 3.63) is 5.82 Å². The van der Waals surface area contributed by atoms with Gasteiger partial charge in [0.1, 0.15) is 5.82 Å². The first kappa shape index (κ1) is 11.0. The molecule has 1 aromatic rings. The number of hydrogen-bond acceptors (Lipinski definition) is 4. The maximum absolute atomic E-state index is 9.49. The Hall–Kier alpha value is -0.550. The van der Waals surface area contributed by atoms with Gasteiger partial charge in [-0.15, -0.1) is 10.2 Å². The van der Waals surface area contributed by atoms with Gasteiger partial charge in [-0.3, -0.25) is 0 Å². The Labute approximate surface area is 94.1 Å². The van der Waals surface area contributed by atoms with E-state index in [1.807, 2.05) is 13.8 Å². The molecule has 0 amide bonds. The molecular formula is C10H17N3OS. The van der Waals surface area contributed by atoms with Crippen molar-refractivity contribution in [2.24, 2.45) is 0 Å². The van der Waals surface area contributed by atoms with Crippen molar-refractivity contribution in [2.45, 2.75) is 50.4 Å². The molecule has 1 atom stereocenters. The lowest BCUT2D eigenvalue weighted by atomic mass is 10.3. The number of nitrogens with zero attached hydrogens (tertiary/aromatic N) is 3. The molecule has 0 spiro atoms. The number of aryl methyl sites for hydroxylation is 1. The van der Waals surface area contributed by atoms with Crippen LogP contribution in [0.3, 0.4) is 0 Å². The molecule has 1 N–H and O–H groups in total. The second kappa shape index (κ2) is 4.53. The predicted molar refractivity (Wildman–Crippen MR) is 60.1 cm³/mol. The van der Waals surface area contributed by atoms with Crippen molar-refractivity contribution in [3.8, 4) is 0 Å². The van der Waals surface area contributed by atoms with E-state index in [-0.39, 0.29) is 6.10 Å². The molecule has 0 bridgehead atoms. The standard InChI is InChI=1S/C10H17N3OS/c1-3-9(14)6-15-10-12-11-7(2)13(10)8-4-5-8/h8-9,14H,3-6H2,1-2H3. The fourth-order valence-electron chi connectivity index (χ4n) is 1.49. The van der Waals surface area contributed by atoms with E-state index in [9.17, 15) is 5.11 Å².